The second-order valence-electron chi connectivity index (χ2n) is 4.36. The molecule has 0 amide bonds. The molecule has 90 valence electrons. The van der Waals surface area contributed by atoms with Crippen LogP contribution in [0.1, 0.15) is 19.4 Å². The fraction of sp³-hybridized carbons (Fsp3) is 0.286. The number of nitrogens with one attached hydrogen (secondary N) is 1. The van der Waals surface area contributed by atoms with Crippen LogP contribution in [0.25, 0.3) is 11.1 Å². The molecule has 1 aromatic heterocycles. The molecule has 0 saturated carbocycles. The van der Waals surface area contributed by atoms with Gasteiger partial charge in [0.15, 0.2) is 0 Å². The summed E-state index contributed by atoms with van der Waals surface area (Å²) in [6.07, 6.45) is 3.09. The van der Waals surface area contributed by atoms with Gasteiger partial charge in [-0.25, -0.2) is 4.39 Å². The summed E-state index contributed by atoms with van der Waals surface area (Å²) in [5.74, 6) is -0.213. The first-order chi connectivity index (χ1) is 8.16. The standard InChI is InChI=1S/C14H16FNO/c1-10(2)16-8-11-3-4-13(14(15)7-11)12-5-6-17-9-12/h3-7,9-10,16H,8H2,1-2H3. The van der Waals surface area contributed by atoms with Gasteiger partial charge in [0.2, 0.25) is 0 Å². The minimum Gasteiger partial charge on any atom is -0.472 e. The number of halogens is 1. The van der Waals surface area contributed by atoms with Gasteiger partial charge in [-0.05, 0) is 17.7 Å². The van der Waals surface area contributed by atoms with Crippen molar-refractivity contribution in [1.29, 1.82) is 0 Å². The smallest absolute Gasteiger partial charge is 0.131 e. The van der Waals surface area contributed by atoms with E-state index >= 15 is 0 Å². The molecule has 3 heteroatoms. The van der Waals surface area contributed by atoms with Crippen molar-refractivity contribution in [2.45, 2.75) is 26.4 Å². The van der Waals surface area contributed by atoms with Gasteiger partial charge in [-0.15, -0.1) is 0 Å². The van der Waals surface area contributed by atoms with Gasteiger partial charge in [-0.1, -0.05) is 26.0 Å². The number of hydrogen-bond acceptors (Lipinski definition) is 2. The van der Waals surface area contributed by atoms with Crippen LogP contribution in [0.15, 0.2) is 41.2 Å². The number of hydrogen-bond donors (Lipinski definition) is 1. The van der Waals surface area contributed by atoms with E-state index < -0.39 is 0 Å². The molecular weight excluding hydrogens is 217 g/mol. The second-order valence-corrected chi connectivity index (χ2v) is 4.36. The Morgan fingerprint density at radius 2 is 2.12 bits per heavy atom. The summed E-state index contributed by atoms with van der Waals surface area (Å²) in [6.45, 7) is 4.81. The first-order valence-corrected chi connectivity index (χ1v) is 5.71. The van der Waals surface area contributed by atoms with Gasteiger partial charge in [-0.3, -0.25) is 0 Å². The van der Waals surface area contributed by atoms with E-state index in [0.717, 1.165) is 11.1 Å². The van der Waals surface area contributed by atoms with E-state index in [1.54, 1.807) is 30.7 Å². The molecular formula is C14H16FNO. The SMILES string of the molecule is CC(C)NCc1ccc(-c2ccoc2)c(F)c1. The third-order valence-electron chi connectivity index (χ3n) is 2.58. The van der Waals surface area contributed by atoms with Crippen molar-refractivity contribution in [1.82, 2.24) is 5.32 Å². The zero-order chi connectivity index (χ0) is 12.3. The van der Waals surface area contributed by atoms with E-state index in [2.05, 4.69) is 19.2 Å². The Labute approximate surface area is 100 Å². The van der Waals surface area contributed by atoms with Crippen LogP contribution >= 0.6 is 0 Å². The number of furan rings is 1. The summed E-state index contributed by atoms with van der Waals surface area (Å²) in [6, 6.07) is 7.44. The molecule has 0 aliphatic rings. The van der Waals surface area contributed by atoms with Crippen molar-refractivity contribution >= 4 is 0 Å². The fourth-order valence-electron chi connectivity index (χ4n) is 1.64. The molecule has 17 heavy (non-hydrogen) atoms. The number of rotatable bonds is 4. The molecule has 0 aliphatic heterocycles. The minimum atomic E-state index is -0.213. The molecule has 0 radical (unpaired) electrons. The lowest BCUT2D eigenvalue weighted by Gasteiger charge is -2.09. The zero-order valence-corrected chi connectivity index (χ0v) is 10.0. The average molecular weight is 233 g/mol. The third-order valence-corrected chi connectivity index (χ3v) is 2.58. The second kappa shape index (κ2) is 5.15. The van der Waals surface area contributed by atoms with Gasteiger partial charge in [-0.2, -0.15) is 0 Å². The van der Waals surface area contributed by atoms with Crippen molar-refractivity contribution in [3.05, 3.63) is 48.2 Å². The molecule has 0 bridgehead atoms. The Morgan fingerprint density at radius 3 is 2.71 bits per heavy atom. The molecule has 1 N–H and O–H groups in total. The minimum absolute atomic E-state index is 0.213. The Bertz CT molecular complexity index is 477. The van der Waals surface area contributed by atoms with Crippen LogP contribution in [0, 0.1) is 5.82 Å². The molecule has 2 rings (SSSR count). The molecule has 0 atom stereocenters. The lowest BCUT2D eigenvalue weighted by molar-refractivity contribution is 0.567. The van der Waals surface area contributed by atoms with Gasteiger partial charge in [0.1, 0.15) is 5.82 Å². The highest BCUT2D eigenvalue weighted by Crippen LogP contribution is 2.23. The average Bonchev–Trinajstić information content (AvgIpc) is 2.79. The number of benzene rings is 1. The highest BCUT2D eigenvalue weighted by molar-refractivity contribution is 5.63. The lowest BCUT2D eigenvalue weighted by atomic mass is 10.1. The maximum Gasteiger partial charge on any atom is 0.131 e. The molecule has 1 aromatic carbocycles. The summed E-state index contributed by atoms with van der Waals surface area (Å²) >= 11 is 0. The molecule has 2 nitrogen and oxygen atoms in total. The predicted molar refractivity (Wildman–Crippen MR) is 66.1 cm³/mol. The topological polar surface area (TPSA) is 25.2 Å². The van der Waals surface area contributed by atoms with E-state index in [-0.39, 0.29) is 5.82 Å². The molecule has 0 aliphatic carbocycles. The van der Waals surface area contributed by atoms with Crippen LogP contribution in [0.3, 0.4) is 0 Å². The zero-order valence-electron chi connectivity index (χ0n) is 10.0. The van der Waals surface area contributed by atoms with Crippen molar-refractivity contribution in [3.8, 4) is 11.1 Å². The highest BCUT2D eigenvalue weighted by Gasteiger charge is 2.07. The summed E-state index contributed by atoms with van der Waals surface area (Å²) in [7, 11) is 0. The van der Waals surface area contributed by atoms with Gasteiger partial charge < -0.3 is 9.73 Å². The third kappa shape index (κ3) is 2.94. The van der Waals surface area contributed by atoms with Crippen molar-refractivity contribution in [2.24, 2.45) is 0 Å². The van der Waals surface area contributed by atoms with Crippen LogP contribution in [0.2, 0.25) is 0 Å². The first-order valence-electron chi connectivity index (χ1n) is 5.71. The quantitative estimate of drug-likeness (QED) is 0.873. The molecule has 0 spiro atoms. The summed E-state index contributed by atoms with van der Waals surface area (Å²) in [5, 5.41) is 3.26. The summed E-state index contributed by atoms with van der Waals surface area (Å²) in [4.78, 5) is 0. The van der Waals surface area contributed by atoms with E-state index in [4.69, 9.17) is 4.42 Å². The van der Waals surface area contributed by atoms with E-state index in [0.29, 0.717) is 18.2 Å². The maximum absolute atomic E-state index is 13.9. The Kier molecular flexibility index (Phi) is 3.59. The lowest BCUT2D eigenvalue weighted by Crippen LogP contribution is -2.21. The van der Waals surface area contributed by atoms with Crippen LogP contribution in [0.4, 0.5) is 4.39 Å². The first kappa shape index (κ1) is 11.9. The van der Waals surface area contributed by atoms with Crippen molar-refractivity contribution in [3.63, 3.8) is 0 Å². The Morgan fingerprint density at radius 1 is 1.29 bits per heavy atom. The Balaban J connectivity index is 2.17. The van der Waals surface area contributed by atoms with Crippen LogP contribution in [-0.4, -0.2) is 6.04 Å². The summed E-state index contributed by atoms with van der Waals surface area (Å²) < 4.78 is 18.8. The van der Waals surface area contributed by atoms with Gasteiger partial charge >= 0.3 is 0 Å². The molecule has 0 fully saturated rings. The largest absolute Gasteiger partial charge is 0.472 e. The maximum atomic E-state index is 13.9. The monoisotopic (exact) mass is 233 g/mol. The fourth-order valence-corrected chi connectivity index (χ4v) is 1.64. The van der Waals surface area contributed by atoms with E-state index in [1.165, 1.54) is 0 Å². The van der Waals surface area contributed by atoms with Crippen LogP contribution in [-0.2, 0) is 6.54 Å². The molecule has 0 unspecified atom stereocenters. The van der Waals surface area contributed by atoms with Crippen LogP contribution < -0.4 is 5.32 Å². The normalized spacial score (nSPS) is 11.1. The molecule has 2 aromatic rings. The van der Waals surface area contributed by atoms with Gasteiger partial charge in [0.05, 0.1) is 12.5 Å². The van der Waals surface area contributed by atoms with Crippen molar-refractivity contribution in [2.75, 3.05) is 0 Å². The predicted octanol–water partition coefficient (Wildman–Crippen LogP) is 3.58. The summed E-state index contributed by atoms with van der Waals surface area (Å²) in [5.41, 5.74) is 2.29. The molecule has 0 saturated heterocycles. The van der Waals surface area contributed by atoms with E-state index in [9.17, 15) is 4.39 Å². The van der Waals surface area contributed by atoms with Crippen molar-refractivity contribution < 1.29 is 8.81 Å². The molecule has 1 heterocycles. The highest BCUT2D eigenvalue weighted by atomic mass is 19.1. The van der Waals surface area contributed by atoms with Gasteiger partial charge in [0, 0.05) is 23.7 Å². The Hall–Kier alpha value is -1.61. The van der Waals surface area contributed by atoms with Crippen LogP contribution in [0.5, 0.6) is 0 Å². The van der Waals surface area contributed by atoms with E-state index in [1.807, 2.05) is 6.07 Å². The van der Waals surface area contributed by atoms with Gasteiger partial charge in [0.25, 0.3) is 0 Å².